The Hall–Kier alpha value is -1.53. The number of fused-ring (bicyclic) bond motifs is 1. The third kappa shape index (κ3) is 3.03. The minimum atomic E-state index is -1.63. The summed E-state index contributed by atoms with van der Waals surface area (Å²) in [6.07, 6.45) is -6.10. The first-order chi connectivity index (χ1) is 12.3. The highest BCUT2D eigenvalue weighted by atomic mass is 16.8. The molecule has 10 heteroatoms. The van der Waals surface area contributed by atoms with Gasteiger partial charge in [0.2, 0.25) is 6.29 Å². The van der Waals surface area contributed by atoms with E-state index in [0.717, 1.165) is 6.26 Å². The number of rotatable bonds is 4. The standard InChI is InChI=1S/C16H22O10/c1-2-7-14(24-6-8-13(21)23-4-3-16(7,8)22)26-15-12(20)11(19)10(18)9(5-17)25-15/h2,6-7,9-12,14-15,17-20,22H,1,3-5H2/t7-,9+,10+,11-,12+,14?,15-,16+/m0/s1. The molecule has 3 aliphatic rings. The lowest BCUT2D eigenvalue weighted by molar-refractivity contribution is -0.344. The maximum atomic E-state index is 11.8. The van der Waals surface area contributed by atoms with E-state index in [9.17, 15) is 30.3 Å². The Morgan fingerprint density at radius 3 is 2.65 bits per heavy atom. The van der Waals surface area contributed by atoms with Gasteiger partial charge in [-0.3, -0.25) is 0 Å². The van der Waals surface area contributed by atoms with Gasteiger partial charge in [-0.1, -0.05) is 6.08 Å². The molecule has 0 bridgehead atoms. The number of aliphatic hydroxyl groups excluding tert-OH is 4. The molecule has 1 unspecified atom stereocenters. The number of cyclic esters (lactones) is 1. The molecule has 0 saturated carbocycles. The molecule has 26 heavy (non-hydrogen) atoms. The average Bonchev–Trinajstić information content (AvgIpc) is 2.61. The predicted octanol–water partition coefficient (Wildman–Crippen LogP) is -2.48. The van der Waals surface area contributed by atoms with Crippen LogP contribution < -0.4 is 0 Å². The Labute approximate surface area is 148 Å². The first-order valence-corrected chi connectivity index (χ1v) is 8.17. The average molecular weight is 374 g/mol. The molecule has 0 aromatic carbocycles. The molecular formula is C16H22O10. The summed E-state index contributed by atoms with van der Waals surface area (Å²) in [6.45, 7) is 3.03. The van der Waals surface area contributed by atoms with Gasteiger partial charge in [0.25, 0.3) is 0 Å². The van der Waals surface area contributed by atoms with E-state index in [-0.39, 0.29) is 18.6 Å². The molecule has 0 aromatic heterocycles. The number of hydrogen-bond acceptors (Lipinski definition) is 10. The topological polar surface area (TPSA) is 155 Å². The quantitative estimate of drug-likeness (QED) is 0.264. The van der Waals surface area contributed by atoms with Crippen LogP contribution in [0.25, 0.3) is 0 Å². The lowest BCUT2D eigenvalue weighted by Crippen LogP contribution is -2.61. The zero-order valence-electron chi connectivity index (χ0n) is 13.8. The van der Waals surface area contributed by atoms with Crippen molar-refractivity contribution in [2.45, 2.75) is 49.0 Å². The predicted molar refractivity (Wildman–Crippen MR) is 82.0 cm³/mol. The summed E-state index contributed by atoms with van der Waals surface area (Å²) in [5.41, 5.74) is -1.70. The fraction of sp³-hybridized carbons (Fsp3) is 0.688. The van der Waals surface area contributed by atoms with Gasteiger partial charge in [-0.2, -0.15) is 0 Å². The number of carbonyl (C=O) groups is 1. The summed E-state index contributed by atoms with van der Waals surface area (Å²) in [6, 6.07) is 0. The summed E-state index contributed by atoms with van der Waals surface area (Å²) in [7, 11) is 0. The number of hydrogen-bond donors (Lipinski definition) is 5. The third-order valence-corrected chi connectivity index (χ3v) is 4.94. The minimum absolute atomic E-state index is 0.00375. The van der Waals surface area contributed by atoms with E-state index in [2.05, 4.69) is 6.58 Å². The second-order valence-corrected chi connectivity index (χ2v) is 6.44. The summed E-state index contributed by atoms with van der Waals surface area (Å²) < 4.78 is 21.1. The maximum Gasteiger partial charge on any atom is 0.340 e. The lowest BCUT2D eigenvalue weighted by Gasteiger charge is -2.46. The van der Waals surface area contributed by atoms with Crippen molar-refractivity contribution >= 4 is 5.97 Å². The van der Waals surface area contributed by atoms with Gasteiger partial charge in [0.1, 0.15) is 35.6 Å². The summed E-state index contributed by atoms with van der Waals surface area (Å²) >= 11 is 0. The zero-order valence-corrected chi connectivity index (χ0v) is 13.8. The molecule has 5 N–H and O–H groups in total. The number of esters is 1. The SMILES string of the molecule is C=C[C@H]1C(O[C@@H]2O[C@H](CO)[C@@H](O)[C@H](O)[C@H]2O)OC=C2C(=O)OCC[C@]21O. The van der Waals surface area contributed by atoms with E-state index in [0.29, 0.717) is 0 Å². The van der Waals surface area contributed by atoms with E-state index >= 15 is 0 Å². The summed E-state index contributed by atoms with van der Waals surface area (Å²) in [5, 5.41) is 49.9. The molecule has 3 rings (SSSR count). The van der Waals surface area contributed by atoms with Crippen molar-refractivity contribution in [2.24, 2.45) is 5.92 Å². The Morgan fingerprint density at radius 1 is 1.27 bits per heavy atom. The lowest BCUT2D eigenvalue weighted by atomic mass is 9.76. The normalized spacial score (nSPS) is 45.8. The highest BCUT2D eigenvalue weighted by Crippen LogP contribution is 2.42. The van der Waals surface area contributed by atoms with Crippen LogP contribution in [0.2, 0.25) is 0 Å². The molecule has 2 fully saturated rings. The van der Waals surface area contributed by atoms with Gasteiger partial charge >= 0.3 is 5.97 Å². The molecule has 8 atom stereocenters. The van der Waals surface area contributed by atoms with E-state index < -0.39 is 61.1 Å². The monoisotopic (exact) mass is 374 g/mol. The van der Waals surface area contributed by atoms with Crippen molar-refractivity contribution in [3.8, 4) is 0 Å². The number of aliphatic hydroxyl groups is 5. The van der Waals surface area contributed by atoms with Crippen molar-refractivity contribution in [1.29, 1.82) is 0 Å². The Kier molecular flexibility index (Phi) is 5.35. The van der Waals surface area contributed by atoms with E-state index in [1.54, 1.807) is 0 Å². The highest BCUT2D eigenvalue weighted by Gasteiger charge is 2.54. The molecule has 0 amide bonds. The van der Waals surface area contributed by atoms with E-state index in [4.69, 9.17) is 18.9 Å². The molecule has 2 saturated heterocycles. The van der Waals surface area contributed by atoms with Gasteiger partial charge in [0, 0.05) is 6.42 Å². The van der Waals surface area contributed by atoms with Crippen molar-refractivity contribution in [1.82, 2.24) is 0 Å². The summed E-state index contributed by atoms with van der Waals surface area (Å²) in [4.78, 5) is 11.8. The van der Waals surface area contributed by atoms with Crippen LogP contribution in [-0.4, -0.2) is 87.3 Å². The van der Waals surface area contributed by atoms with Crippen molar-refractivity contribution in [3.05, 3.63) is 24.5 Å². The molecule has 3 aliphatic heterocycles. The molecule has 10 nitrogen and oxygen atoms in total. The molecule has 0 aromatic rings. The van der Waals surface area contributed by atoms with Gasteiger partial charge in [-0.05, 0) is 0 Å². The van der Waals surface area contributed by atoms with E-state index in [1.165, 1.54) is 6.08 Å². The van der Waals surface area contributed by atoms with E-state index in [1.807, 2.05) is 0 Å². The first kappa shape index (κ1) is 19.2. The minimum Gasteiger partial charge on any atom is -0.471 e. The number of carbonyl (C=O) groups excluding carboxylic acids is 1. The molecule has 0 spiro atoms. The Balaban J connectivity index is 1.81. The van der Waals surface area contributed by atoms with Crippen molar-refractivity contribution < 1.29 is 49.3 Å². The van der Waals surface area contributed by atoms with Crippen LogP contribution >= 0.6 is 0 Å². The third-order valence-electron chi connectivity index (χ3n) is 4.94. The van der Waals surface area contributed by atoms with Crippen LogP contribution in [0.15, 0.2) is 24.5 Å². The highest BCUT2D eigenvalue weighted by molar-refractivity contribution is 5.91. The van der Waals surface area contributed by atoms with Gasteiger partial charge < -0.3 is 44.5 Å². The van der Waals surface area contributed by atoms with Crippen LogP contribution in [0.5, 0.6) is 0 Å². The Morgan fingerprint density at radius 2 is 2.00 bits per heavy atom. The summed E-state index contributed by atoms with van der Waals surface area (Å²) in [5.74, 6) is -1.61. The van der Waals surface area contributed by atoms with Crippen molar-refractivity contribution in [2.75, 3.05) is 13.2 Å². The zero-order chi connectivity index (χ0) is 19.1. The van der Waals surface area contributed by atoms with Gasteiger partial charge in [0.15, 0.2) is 6.29 Å². The Bertz CT molecular complexity index is 590. The molecule has 3 heterocycles. The smallest absolute Gasteiger partial charge is 0.340 e. The van der Waals surface area contributed by atoms with Gasteiger partial charge in [0.05, 0.1) is 25.4 Å². The number of ether oxygens (including phenoxy) is 4. The van der Waals surface area contributed by atoms with Crippen LogP contribution in [-0.2, 0) is 23.7 Å². The van der Waals surface area contributed by atoms with Crippen molar-refractivity contribution in [3.63, 3.8) is 0 Å². The van der Waals surface area contributed by atoms with Crippen LogP contribution in [0.1, 0.15) is 6.42 Å². The molecular weight excluding hydrogens is 352 g/mol. The maximum absolute atomic E-state index is 11.8. The van der Waals surface area contributed by atoms with Crippen LogP contribution in [0.4, 0.5) is 0 Å². The largest absolute Gasteiger partial charge is 0.471 e. The van der Waals surface area contributed by atoms with Gasteiger partial charge in [-0.15, -0.1) is 6.58 Å². The fourth-order valence-corrected chi connectivity index (χ4v) is 3.36. The second kappa shape index (κ2) is 7.24. The first-order valence-electron chi connectivity index (χ1n) is 8.17. The van der Waals surface area contributed by atoms with Crippen LogP contribution in [0, 0.1) is 5.92 Å². The van der Waals surface area contributed by atoms with Gasteiger partial charge in [-0.25, -0.2) is 4.79 Å². The van der Waals surface area contributed by atoms with Crippen LogP contribution in [0.3, 0.4) is 0 Å². The second-order valence-electron chi connectivity index (χ2n) is 6.44. The molecule has 146 valence electrons. The molecule has 0 radical (unpaired) electrons. The molecule has 0 aliphatic carbocycles. The fourth-order valence-electron chi connectivity index (χ4n) is 3.36.